The summed E-state index contributed by atoms with van der Waals surface area (Å²) in [6.07, 6.45) is 0. The molecule has 0 atom stereocenters. The maximum atomic E-state index is 6.49. The molecule has 0 spiro atoms. The number of fused-ring (bicyclic) bond motifs is 3. The number of hydrogen-bond donors (Lipinski definition) is 0. The van der Waals surface area contributed by atoms with Gasteiger partial charge in [0.15, 0.2) is 17.5 Å². The van der Waals surface area contributed by atoms with Crippen LogP contribution in [-0.4, -0.2) is 19.5 Å². The van der Waals surface area contributed by atoms with Crippen molar-refractivity contribution in [3.05, 3.63) is 170 Å². The number of hydrogen-bond acceptors (Lipinski definition) is 4. The Hall–Kier alpha value is -7.63. The van der Waals surface area contributed by atoms with Crippen LogP contribution in [0.5, 0.6) is 0 Å². The minimum Gasteiger partial charge on any atom is -0.456 e. The summed E-state index contributed by atoms with van der Waals surface area (Å²) in [4.78, 5) is 15.5. The third-order valence-corrected chi connectivity index (χ3v) is 11.8. The maximum Gasteiger partial charge on any atom is 0.164 e. The van der Waals surface area contributed by atoms with Gasteiger partial charge in [-0.15, -0.1) is 0 Å². The van der Waals surface area contributed by atoms with Crippen molar-refractivity contribution in [1.29, 1.82) is 0 Å². The Bertz CT molecular complexity index is 3650. The Balaban J connectivity index is 1.10. The second kappa shape index (κ2) is 11.0. The third kappa shape index (κ3) is 3.95. The van der Waals surface area contributed by atoms with Crippen molar-refractivity contribution in [2.75, 3.05) is 0 Å². The first-order valence-electron chi connectivity index (χ1n) is 19.0. The van der Waals surface area contributed by atoms with Crippen LogP contribution in [0.4, 0.5) is 0 Å². The predicted octanol–water partition coefficient (Wildman–Crippen LogP) is 13.3. The molecule has 3 aromatic heterocycles. The van der Waals surface area contributed by atoms with Gasteiger partial charge in [0, 0.05) is 49.0 Å². The standard InChI is InChI=1S/C51H28N4O/c1-2-12-31(13-3-1)49-52-50(37-20-6-14-29-11-4-5-15-32(29)37)54-51(53-49)38-21-7-17-34-33(38)16-8-22-39(34)55-40-23-9-18-35-36-19-10-24-42-46(36)48-43(56-42)28-26-30-25-27-41(55)47(44(30)48)45(35)40/h1-28H. The minimum atomic E-state index is 0.636. The molecule has 3 heterocycles. The summed E-state index contributed by atoms with van der Waals surface area (Å²) in [7, 11) is 0. The van der Waals surface area contributed by atoms with Crippen molar-refractivity contribution >= 4 is 76.1 Å². The van der Waals surface area contributed by atoms with Crippen molar-refractivity contribution in [2.45, 2.75) is 0 Å². The molecular weight excluding hydrogens is 685 g/mol. The number of furan rings is 1. The largest absolute Gasteiger partial charge is 0.456 e. The summed E-state index contributed by atoms with van der Waals surface area (Å²) >= 11 is 0. The minimum absolute atomic E-state index is 0.636. The monoisotopic (exact) mass is 712 g/mol. The first-order chi connectivity index (χ1) is 27.8. The van der Waals surface area contributed by atoms with Crippen molar-refractivity contribution in [3.63, 3.8) is 0 Å². The molecule has 0 N–H and O–H groups in total. The molecule has 0 aliphatic heterocycles. The van der Waals surface area contributed by atoms with Crippen LogP contribution in [0.15, 0.2) is 174 Å². The SMILES string of the molecule is c1ccc(-c2nc(-c3cccc4ccccc34)nc(-c3cccc4c(-n5c6cccc7c6c6c8c(ccc9oc%10cccc-7c%10c98)ccc65)cccc34)n2)cc1. The van der Waals surface area contributed by atoms with Gasteiger partial charge < -0.3 is 8.98 Å². The molecule has 9 aromatic carbocycles. The molecule has 56 heavy (non-hydrogen) atoms. The van der Waals surface area contributed by atoms with Crippen LogP contribution in [0.2, 0.25) is 0 Å². The van der Waals surface area contributed by atoms with Crippen molar-refractivity contribution in [3.8, 4) is 51.0 Å². The van der Waals surface area contributed by atoms with E-state index < -0.39 is 0 Å². The summed E-state index contributed by atoms with van der Waals surface area (Å²) in [5, 5.41) is 11.8. The van der Waals surface area contributed by atoms with Gasteiger partial charge in [0.1, 0.15) is 11.2 Å². The Morgan fingerprint density at radius 1 is 0.339 bits per heavy atom. The molecule has 1 aliphatic rings. The highest BCUT2D eigenvalue weighted by Crippen LogP contribution is 2.51. The molecule has 5 heteroatoms. The third-order valence-electron chi connectivity index (χ3n) is 11.8. The normalized spacial score (nSPS) is 12.3. The molecule has 0 fully saturated rings. The molecule has 0 saturated heterocycles. The molecular formula is C51H28N4O. The highest BCUT2D eigenvalue weighted by molar-refractivity contribution is 6.38. The van der Waals surface area contributed by atoms with E-state index in [2.05, 4.69) is 156 Å². The molecule has 5 nitrogen and oxygen atoms in total. The molecule has 0 radical (unpaired) electrons. The van der Waals surface area contributed by atoms with Crippen LogP contribution in [0.3, 0.4) is 0 Å². The van der Waals surface area contributed by atoms with Crippen LogP contribution in [0.25, 0.3) is 127 Å². The summed E-state index contributed by atoms with van der Waals surface area (Å²) in [5.74, 6) is 1.93. The smallest absolute Gasteiger partial charge is 0.164 e. The van der Waals surface area contributed by atoms with E-state index in [0.29, 0.717) is 17.5 Å². The van der Waals surface area contributed by atoms with Crippen LogP contribution < -0.4 is 0 Å². The van der Waals surface area contributed by atoms with E-state index in [1.165, 1.54) is 49.0 Å². The molecule has 12 aromatic rings. The average molecular weight is 713 g/mol. The summed E-state index contributed by atoms with van der Waals surface area (Å²) in [6, 6.07) is 60.0. The van der Waals surface area contributed by atoms with Gasteiger partial charge in [0.25, 0.3) is 0 Å². The fraction of sp³-hybridized carbons (Fsp3) is 0. The molecule has 258 valence electrons. The molecule has 0 bridgehead atoms. The zero-order valence-corrected chi connectivity index (χ0v) is 29.9. The number of rotatable bonds is 4. The molecule has 0 saturated carbocycles. The summed E-state index contributed by atoms with van der Waals surface area (Å²) < 4.78 is 8.94. The van der Waals surface area contributed by atoms with Crippen LogP contribution >= 0.6 is 0 Å². The first kappa shape index (κ1) is 29.8. The van der Waals surface area contributed by atoms with E-state index >= 15 is 0 Å². The Morgan fingerprint density at radius 2 is 0.946 bits per heavy atom. The van der Waals surface area contributed by atoms with Gasteiger partial charge >= 0.3 is 0 Å². The van der Waals surface area contributed by atoms with Crippen LogP contribution in [0, 0.1) is 0 Å². The molecule has 13 rings (SSSR count). The Kier molecular flexibility index (Phi) is 5.83. The lowest BCUT2D eigenvalue weighted by atomic mass is 9.98. The number of benzene rings is 9. The first-order valence-corrected chi connectivity index (χ1v) is 19.0. The van der Waals surface area contributed by atoms with E-state index in [1.54, 1.807) is 0 Å². The van der Waals surface area contributed by atoms with Crippen LogP contribution in [0.1, 0.15) is 0 Å². The van der Waals surface area contributed by atoms with Crippen LogP contribution in [-0.2, 0) is 0 Å². The molecule has 0 amide bonds. The van der Waals surface area contributed by atoms with Gasteiger partial charge in [-0.3, -0.25) is 0 Å². The highest BCUT2D eigenvalue weighted by atomic mass is 16.3. The van der Waals surface area contributed by atoms with Gasteiger partial charge in [-0.1, -0.05) is 140 Å². The number of aromatic nitrogens is 4. The highest BCUT2D eigenvalue weighted by Gasteiger charge is 2.26. The van der Waals surface area contributed by atoms with Gasteiger partial charge in [-0.2, -0.15) is 0 Å². The topological polar surface area (TPSA) is 56.7 Å². The second-order valence-corrected chi connectivity index (χ2v) is 14.7. The van der Waals surface area contributed by atoms with E-state index in [1.807, 2.05) is 18.2 Å². The van der Waals surface area contributed by atoms with E-state index in [-0.39, 0.29) is 0 Å². The second-order valence-electron chi connectivity index (χ2n) is 14.7. The lowest BCUT2D eigenvalue weighted by Gasteiger charge is -2.15. The number of nitrogens with zero attached hydrogens (tertiary/aromatic N) is 4. The van der Waals surface area contributed by atoms with E-state index in [0.717, 1.165) is 60.6 Å². The zero-order valence-electron chi connectivity index (χ0n) is 29.9. The maximum absolute atomic E-state index is 6.49. The summed E-state index contributed by atoms with van der Waals surface area (Å²) in [6.45, 7) is 0. The fourth-order valence-corrected chi connectivity index (χ4v) is 9.42. The quantitative estimate of drug-likeness (QED) is 0.182. The van der Waals surface area contributed by atoms with Gasteiger partial charge in [0.05, 0.1) is 16.7 Å². The van der Waals surface area contributed by atoms with E-state index in [4.69, 9.17) is 19.4 Å². The Labute approximate surface area is 319 Å². The fourth-order valence-electron chi connectivity index (χ4n) is 9.42. The van der Waals surface area contributed by atoms with Crippen molar-refractivity contribution < 1.29 is 4.42 Å². The van der Waals surface area contributed by atoms with Gasteiger partial charge in [-0.05, 0) is 63.0 Å². The lowest BCUT2D eigenvalue weighted by Crippen LogP contribution is -2.01. The zero-order chi connectivity index (χ0) is 36.5. The van der Waals surface area contributed by atoms with E-state index in [9.17, 15) is 0 Å². The predicted molar refractivity (Wildman–Crippen MR) is 229 cm³/mol. The summed E-state index contributed by atoms with van der Waals surface area (Å²) in [5.41, 5.74) is 10.6. The molecule has 0 unspecified atom stereocenters. The van der Waals surface area contributed by atoms with Crippen molar-refractivity contribution in [1.82, 2.24) is 19.5 Å². The molecule has 1 aliphatic carbocycles. The van der Waals surface area contributed by atoms with Crippen molar-refractivity contribution in [2.24, 2.45) is 0 Å². The van der Waals surface area contributed by atoms with Gasteiger partial charge in [-0.25, -0.2) is 15.0 Å². The average Bonchev–Trinajstić information content (AvgIpc) is 3.78. The lowest BCUT2D eigenvalue weighted by molar-refractivity contribution is 0.669. The Morgan fingerprint density at radius 3 is 1.84 bits per heavy atom. The van der Waals surface area contributed by atoms with Gasteiger partial charge in [0.2, 0.25) is 0 Å².